The van der Waals surface area contributed by atoms with Gasteiger partial charge in [0.1, 0.15) is 0 Å². The minimum atomic E-state index is -0.0674. The van der Waals surface area contributed by atoms with E-state index < -0.39 is 0 Å². The Morgan fingerprint density at radius 2 is 1.27 bits per heavy atom. The molecule has 236 valence electrons. The average molecular weight is 565 g/mol. The lowest BCUT2D eigenvalue weighted by Crippen LogP contribution is -2.22. The van der Waals surface area contributed by atoms with Crippen molar-refractivity contribution in [3.63, 3.8) is 0 Å². The maximum absolute atomic E-state index is 11.4. The van der Waals surface area contributed by atoms with Gasteiger partial charge in [-0.3, -0.25) is 4.79 Å². The van der Waals surface area contributed by atoms with E-state index in [1.54, 1.807) is 5.57 Å². The van der Waals surface area contributed by atoms with Crippen LogP contribution >= 0.6 is 0 Å². The van der Waals surface area contributed by atoms with Gasteiger partial charge in [0.2, 0.25) is 0 Å². The molecule has 0 aromatic heterocycles. The number of esters is 1. The average Bonchev–Trinajstić information content (AvgIpc) is 2.97. The second-order valence-electron chi connectivity index (χ2n) is 12.5. The molecule has 0 aromatic rings. The molecule has 1 fully saturated rings. The van der Waals surface area contributed by atoms with Gasteiger partial charge < -0.3 is 14.2 Å². The van der Waals surface area contributed by atoms with E-state index in [1.165, 1.54) is 155 Å². The number of unbranched alkanes of at least 4 members (excludes halogenated alkanes) is 19. The zero-order chi connectivity index (χ0) is 28.9. The Morgan fingerprint density at radius 3 is 1.82 bits per heavy atom. The number of carbonyl (C=O) groups excluding carboxylic acids is 1. The Hall–Kier alpha value is -0.870. The van der Waals surface area contributed by atoms with Gasteiger partial charge in [0, 0.05) is 13.2 Å². The van der Waals surface area contributed by atoms with Crippen LogP contribution in [0.5, 0.6) is 0 Å². The van der Waals surface area contributed by atoms with Gasteiger partial charge in [0.05, 0.1) is 13.0 Å². The van der Waals surface area contributed by atoms with Gasteiger partial charge in [0.25, 0.3) is 0 Å². The third kappa shape index (κ3) is 23.8. The maximum atomic E-state index is 11.4. The number of hydrogen-bond acceptors (Lipinski definition) is 4. The molecule has 0 spiro atoms. The normalized spacial score (nSPS) is 16.8. The number of ether oxygens (including phenoxy) is 3. The SMILES string of the molecule is COC(=O)C(C)CCCCCCCC(C)=CCCCCCCCCCCCCCCCCCOC1CCCCO1. The molecule has 4 heteroatoms. The molecular weight excluding hydrogens is 496 g/mol. The number of allylic oxidation sites excluding steroid dienone is 2. The van der Waals surface area contributed by atoms with Crippen molar-refractivity contribution in [2.24, 2.45) is 5.92 Å². The van der Waals surface area contributed by atoms with Crippen LogP contribution < -0.4 is 0 Å². The summed E-state index contributed by atoms with van der Waals surface area (Å²) in [4.78, 5) is 11.4. The predicted octanol–water partition coefficient (Wildman–Crippen LogP) is 11.3. The summed E-state index contributed by atoms with van der Waals surface area (Å²) in [5.74, 6) is -0.0171. The molecule has 2 atom stereocenters. The van der Waals surface area contributed by atoms with E-state index >= 15 is 0 Å². The lowest BCUT2D eigenvalue weighted by Gasteiger charge is -2.22. The second-order valence-corrected chi connectivity index (χ2v) is 12.5. The lowest BCUT2D eigenvalue weighted by atomic mass is 10.0. The lowest BCUT2D eigenvalue weighted by molar-refractivity contribution is -0.162. The van der Waals surface area contributed by atoms with Gasteiger partial charge in [-0.05, 0) is 64.7 Å². The molecule has 0 aliphatic carbocycles. The van der Waals surface area contributed by atoms with Gasteiger partial charge in [-0.2, -0.15) is 0 Å². The highest BCUT2D eigenvalue weighted by Crippen LogP contribution is 2.18. The molecule has 0 radical (unpaired) electrons. The Balaban J connectivity index is 1.72. The summed E-state index contributed by atoms with van der Waals surface area (Å²) >= 11 is 0. The molecule has 1 saturated heterocycles. The maximum Gasteiger partial charge on any atom is 0.308 e. The van der Waals surface area contributed by atoms with E-state index in [4.69, 9.17) is 14.2 Å². The first kappa shape index (κ1) is 37.2. The van der Waals surface area contributed by atoms with E-state index in [0.29, 0.717) is 0 Å². The van der Waals surface area contributed by atoms with Crippen LogP contribution in [0.1, 0.15) is 181 Å². The fourth-order valence-electron chi connectivity index (χ4n) is 5.76. The predicted molar refractivity (Wildman–Crippen MR) is 171 cm³/mol. The van der Waals surface area contributed by atoms with Gasteiger partial charge in [-0.1, -0.05) is 128 Å². The fourth-order valence-corrected chi connectivity index (χ4v) is 5.76. The van der Waals surface area contributed by atoms with Crippen LogP contribution in [0.3, 0.4) is 0 Å². The number of hydrogen-bond donors (Lipinski definition) is 0. The largest absolute Gasteiger partial charge is 0.469 e. The number of carbonyl (C=O) groups is 1. The Kier molecular flexibility index (Phi) is 26.2. The summed E-state index contributed by atoms with van der Waals surface area (Å²) in [5.41, 5.74) is 1.58. The van der Waals surface area contributed by atoms with Crippen molar-refractivity contribution in [3.8, 4) is 0 Å². The van der Waals surface area contributed by atoms with Crippen LogP contribution in [0.2, 0.25) is 0 Å². The highest BCUT2D eigenvalue weighted by atomic mass is 16.7. The fraction of sp³-hybridized carbons (Fsp3) is 0.917. The van der Waals surface area contributed by atoms with Crippen molar-refractivity contribution < 1.29 is 19.0 Å². The molecule has 1 heterocycles. The van der Waals surface area contributed by atoms with E-state index in [2.05, 4.69) is 13.0 Å². The topological polar surface area (TPSA) is 44.8 Å². The monoisotopic (exact) mass is 565 g/mol. The number of rotatable bonds is 28. The van der Waals surface area contributed by atoms with Gasteiger partial charge in [-0.25, -0.2) is 0 Å². The number of methoxy groups -OCH3 is 1. The second kappa shape index (κ2) is 28.3. The summed E-state index contributed by atoms with van der Waals surface area (Å²) in [6.07, 6.45) is 36.8. The Morgan fingerprint density at radius 1 is 0.750 bits per heavy atom. The highest BCUT2D eigenvalue weighted by molar-refractivity contribution is 5.71. The molecule has 2 unspecified atom stereocenters. The molecular formula is C36H68O4. The van der Waals surface area contributed by atoms with Gasteiger partial charge in [0.15, 0.2) is 6.29 Å². The van der Waals surface area contributed by atoms with Crippen molar-refractivity contribution in [2.45, 2.75) is 187 Å². The molecule has 1 aliphatic rings. The molecule has 1 aliphatic heterocycles. The van der Waals surface area contributed by atoms with E-state index in [9.17, 15) is 4.79 Å². The molecule has 0 aromatic carbocycles. The Labute approximate surface area is 249 Å². The molecule has 40 heavy (non-hydrogen) atoms. The molecule has 0 saturated carbocycles. The smallest absolute Gasteiger partial charge is 0.308 e. The van der Waals surface area contributed by atoms with Crippen molar-refractivity contribution in [2.75, 3.05) is 20.3 Å². The minimum absolute atomic E-state index is 0.0503. The van der Waals surface area contributed by atoms with Crippen LogP contribution in [0.15, 0.2) is 11.6 Å². The first-order valence-corrected chi connectivity index (χ1v) is 17.6. The molecule has 4 nitrogen and oxygen atoms in total. The minimum Gasteiger partial charge on any atom is -0.469 e. The van der Waals surface area contributed by atoms with Crippen LogP contribution in [-0.4, -0.2) is 32.6 Å². The quantitative estimate of drug-likeness (QED) is 0.0538. The molecule has 1 rings (SSSR count). The van der Waals surface area contributed by atoms with E-state index in [1.807, 2.05) is 6.92 Å². The summed E-state index contributed by atoms with van der Waals surface area (Å²) in [6.45, 7) is 6.04. The van der Waals surface area contributed by atoms with Crippen molar-refractivity contribution in [1.82, 2.24) is 0 Å². The molecule has 0 bridgehead atoms. The van der Waals surface area contributed by atoms with Crippen molar-refractivity contribution in [1.29, 1.82) is 0 Å². The first-order chi connectivity index (χ1) is 19.6. The van der Waals surface area contributed by atoms with Crippen LogP contribution in [0, 0.1) is 5.92 Å². The standard InChI is InChI=1S/C36H68O4/c1-33(28-22-18-16-19-23-29-34(2)36(37)38-3)27-21-17-14-12-10-8-6-4-5-7-9-11-13-15-20-25-31-39-35-30-24-26-32-40-35/h27,34-35H,4-26,28-32H2,1-3H3. The van der Waals surface area contributed by atoms with Crippen LogP contribution in [-0.2, 0) is 19.0 Å². The van der Waals surface area contributed by atoms with E-state index in [0.717, 1.165) is 32.5 Å². The molecule has 0 N–H and O–H groups in total. The summed E-state index contributed by atoms with van der Waals surface area (Å²) in [6, 6.07) is 0. The van der Waals surface area contributed by atoms with Gasteiger partial charge in [-0.15, -0.1) is 0 Å². The van der Waals surface area contributed by atoms with E-state index in [-0.39, 0.29) is 18.2 Å². The first-order valence-electron chi connectivity index (χ1n) is 17.6. The molecule has 0 amide bonds. The Bertz CT molecular complexity index is 581. The third-order valence-corrected chi connectivity index (χ3v) is 8.59. The summed E-state index contributed by atoms with van der Waals surface area (Å²) < 4.78 is 16.2. The zero-order valence-corrected chi connectivity index (χ0v) is 27.2. The highest BCUT2D eigenvalue weighted by Gasteiger charge is 2.13. The third-order valence-electron chi connectivity index (χ3n) is 8.59. The van der Waals surface area contributed by atoms with Crippen molar-refractivity contribution in [3.05, 3.63) is 11.6 Å². The van der Waals surface area contributed by atoms with Gasteiger partial charge >= 0.3 is 5.97 Å². The van der Waals surface area contributed by atoms with Crippen LogP contribution in [0.25, 0.3) is 0 Å². The summed E-state index contributed by atoms with van der Waals surface area (Å²) in [7, 11) is 1.48. The summed E-state index contributed by atoms with van der Waals surface area (Å²) in [5, 5.41) is 0. The zero-order valence-electron chi connectivity index (χ0n) is 27.2. The van der Waals surface area contributed by atoms with Crippen molar-refractivity contribution >= 4 is 5.97 Å². The van der Waals surface area contributed by atoms with Crippen LogP contribution in [0.4, 0.5) is 0 Å².